The van der Waals surface area contributed by atoms with Gasteiger partial charge in [0.25, 0.3) is 11.6 Å². The zero-order chi connectivity index (χ0) is 43.7. The van der Waals surface area contributed by atoms with Gasteiger partial charge in [-0.2, -0.15) is 0 Å². The molecule has 0 aliphatic carbocycles. The number of piperidine rings is 1. The average Bonchev–Trinajstić information content (AvgIpc) is 3.19. The maximum atomic E-state index is 13.7. The van der Waals surface area contributed by atoms with Gasteiger partial charge in [-0.15, -0.1) is 0 Å². The Morgan fingerprint density at radius 2 is 1.58 bits per heavy atom. The lowest BCUT2D eigenvalue weighted by Gasteiger charge is -2.34. The van der Waals surface area contributed by atoms with Crippen molar-refractivity contribution in [2.24, 2.45) is 0 Å². The van der Waals surface area contributed by atoms with Crippen LogP contribution in [0.5, 0.6) is 0 Å². The van der Waals surface area contributed by atoms with Crippen molar-refractivity contribution in [1.82, 2.24) is 14.5 Å². The predicted molar refractivity (Wildman–Crippen MR) is 220 cm³/mol. The minimum atomic E-state index is -3.55. The van der Waals surface area contributed by atoms with Gasteiger partial charge in [-0.3, -0.25) is 24.5 Å². The van der Waals surface area contributed by atoms with Crippen LogP contribution in [0, 0.1) is 10.1 Å². The molecule has 1 aliphatic rings. The molecule has 1 heterocycles. The van der Waals surface area contributed by atoms with Gasteiger partial charge in [-0.25, -0.2) is 17.9 Å². The summed E-state index contributed by atoms with van der Waals surface area (Å²) in [6.07, 6.45) is 0.145. The Kier molecular flexibility index (Phi) is 15.9. The molecule has 0 saturated carbocycles. The minimum absolute atomic E-state index is 0.0265. The molecule has 4 aromatic rings. The molecule has 5 rings (SSSR count). The van der Waals surface area contributed by atoms with Crippen LogP contribution in [-0.4, -0.2) is 113 Å². The quantitative estimate of drug-likeness (QED) is 0.0657. The molecule has 1 fully saturated rings. The van der Waals surface area contributed by atoms with E-state index in [-0.39, 0.29) is 23.4 Å². The van der Waals surface area contributed by atoms with E-state index in [9.17, 15) is 37.7 Å². The van der Waals surface area contributed by atoms with Crippen molar-refractivity contribution in [1.29, 1.82) is 0 Å². The minimum Gasteiger partial charge on any atom is -0.481 e. The number of carbonyl (C=O) groups excluding carboxylic acids is 1. The van der Waals surface area contributed by atoms with Crippen LogP contribution < -0.4 is 4.72 Å². The molecule has 1 amide bonds. The molecular weight excluding hydrogens is 831 g/mol. The number of non-ortho nitro benzene ring substituents is 1. The van der Waals surface area contributed by atoms with Crippen molar-refractivity contribution < 1.29 is 52.9 Å². The van der Waals surface area contributed by atoms with Crippen molar-refractivity contribution in [2.45, 2.75) is 54.4 Å². The van der Waals surface area contributed by atoms with Gasteiger partial charge in [-0.1, -0.05) is 59.6 Å². The van der Waals surface area contributed by atoms with E-state index in [4.69, 9.17) is 43.6 Å². The van der Waals surface area contributed by atoms with E-state index in [0.717, 1.165) is 50.0 Å². The number of nitrogens with zero attached hydrogens (tertiary/aromatic N) is 3. The third-order valence-corrected chi connectivity index (χ3v) is 12.4. The van der Waals surface area contributed by atoms with Gasteiger partial charge in [0.2, 0.25) is 10.0 Å². The van der Waals surface area contributed by atoms with E-state index in [0.29, 0.717) is 37.8 Å². The zero-order valence-corrected chi connectivity index (χ0v) is 34.4. The molecular formula is C40H44Cl2N4O12S. The molecule has 0 spiro atoms. The summed E-state index contributed by atoms with van der Waals surface area (Å²) in [5, 5.41) is 47.3. The van der Waals surface area contributed by atoms with Gasteiger partial charge < -0.3 is 30.2 Å². The number of likely N-dealkylation sites (N-methyl/N-ethyl adjacent to an activating group) is 1. The molecule has 316 valence electrons. The lowest BCUT2D eigenvalue weighted by atomic mass is 9.88. The number of carboxylic acid groups (broad SMARTS) is 3. The van der Waals surface area contributed by atoms with Crippen LogP contribution in [0.4, 0.5) is 5.69 Å². The van der Waals surface area contributed by atoms with Crippen LogP contribution in [0.1, 0.15) is 65.4 Å². The number of hydrogen-bond acceptors (Lipinski definition) is 10. The summed E-state index contributed by atoms with van der Waals surface area (Å²) in [6.45, 7) is 2.85. The van der Waals surface area contributed by atoms with Gasteiger partial charge in [-0.05, 0) is 104 Å². The fourth-order valence-corrected chi connectivity index (χ4v) is 8.34. The van der Waals surface area contributed by atoms with E-state index < -0.39 is 51.3 Å². The smallest absolute Gasteiger partial charge is 0.336 e. The third kappa shape index (κ3) is 12.2. The molecule has 16 nitrogen and oxygen atoms in total. The number of likely N-dealkylation sites (tertiary alicyclic amines) is 1. The largest absolute Gasteiger partial charge is 0.481 e. The summed E-state index contributed by atoms with van der Waals surface area (Å²) >= 11 is 12.6. The van der Waals surface area contributed by atoms with Crippen molar-refractivity contribution in [3.05, 3.63) is 116 Å². The normalized spacial score (nSPS) is 14.2. The lowest BCUT2D eigenvalue weighted by molar-refractivity contribution is -0.384. The number of rotatable bonds is 16. The number of nitro benzene ring substituents is 1. The highest BCUT2D eigenvalue weighted by Gasteiger charge is 2.41. The highest BCUT2D eigenvalue weighted by molar-refractivity contribution is 7.89. The van der Waals surface area contributed by atoms with Gasteiger partial charge in [0, 0.05) is 37.2 Å². The number of hydrogen-bond donors (Lipinski definition) is 5. The summed E-state index contributed by atoms with van der Waals surface area (Å²) in [5.74, 6) is -5.10. The lowest BCUT2D eigenvalue weighted by Crippen LogP contribution is -2.42. The third-order valence-electron chi connectivity index (χ3n) is 10.1. The van der Waals surface area contributed by atoms with E-state index in [1.165, 1.54) is 19.2 Å². The number of sulfonamides is 1. The van der Waals surface area contributed by atoms with Gasteiger partial charge in [0.15, 0.2) is 5.60 Å². The fraction of sp³-hybridized carbons (Fsp3) is 0.350. The van der Waals surface area contributed by atoms with Crippen LogP contribution in [-0.2, 0) is 24.4 Å². The number of aliphatic carboxylic acids is 3. The first-order valence-corrected chi connectivity index (χ1v) is 20.5. The van der Waals surface area contributed by atoms with Crippen LogP contribution in [0.25, 0.3) is 10.8 Å². The Labute approximate surface area is 350 Å². The molecule has 0 radical (unpaired) electrons. The zero-order valence-electron chi connectivity index (χ0n) is 32.1. The fourth-order valence-electron chi connectivity index (χ4n) is 7.01. The molecule has 1 unspecified atom stereocenters. The number of fused-ring (bicyclic) bond motifs is 1. The number of amides is 1. The standard InChI is InChI=1S/C34H36Cl2N4O5S.C6H8O7/c1-37-46(44,45)33-9-4-3-7-29(33)23-14-17-39(18-15-23)19-16-26(24-10-13-31(35)32(36)21-24)22-38(2)34(41)30-8-5-6-25-20-27(40(42)43)11-12-28(25)30;7-3(8)1-6(13,5(11)12)2-4(9)10/h3-13,20-21,23,26,37H,14-19,22H2,1-2H3;13H,1-2H2,(H,7,8)(H,9,10)(H,11,12). The molecule has 5 N–H and O–H groups in total. The molecule has 4 aromatic carbocycles. The molecule has 1 atom stereocenters. The Morgan fingerprint density at radius 3 is 2.15 bits per heavy atom. The summed E-state index contributed by atoms with van der Waals surface area (Å²) < 4.78 is 27.7. The van der Waals surface area contributed by atoms with Crippen LogP contribution in [0.15, 0.2) is 83.8 Å². The highest BCUT2D eigenvalue weighted by Crippen LogP contribution is 2.34. The summed E-state index contributed by atoms with van der Waals surface area (Å²) in [4.78, 5) is 59.5. The van der Waals surface area contributed by atoms with Crippen LogP contribution in [0.2, 0.25) is 10.0 Å². The van der Waals surface area contributed by atoms with E-state index in [1.807, 2.05) is 24.3 Å². The van der Waals surface area contributed by atoms with E-state index in [1.54, 1.807) is 54.4 Å². The number of nitro groups is 1. The second-order valence-electron chi connectivity index (χ2n) is 14.2. The number of halogens is 2. The molecule has 0 aromatic heterocycles. The Balaban J connectivity index is 0.000000509. The number of carbonyl (C=O) groups is 4. The number of carboxylic acids is 3. The van der Waals surface area contributed by atoms with Crippen molar-refractivity contribution in [3.63, 3.8) is 0 Å². The molecule has 0 bridgehead atoms. The summed E-state index contributed by atoms with van der Waals surface area (Å²) in [6, 6.07) is 22.5. The predicted octanol–water partition coefficient (Wildman–Crippen LogP) is 5.84. The Morgan fingerprint density at radius 1 is 0.932 bits per heavy atom. The van der Waals surface area contributed by atoms with Crippen LogP contribution in [0.3, 0.4) is 0 Å². The topological polar surface area (TPSA) is 245 Å². The average molecular weight is 876 g/mol. The Hall–Kier alpha value is -5.17. The number of nitrogens with one attached hydrogen (secondary N) is 1. The monoisotopic (exact) mass is 874 g/mol. The van der Waals surface area contributed by atoms with Crippen molar-refractivity contribution >= 4 is 73.5 Å². The van der Waals surface area contributed by atoms with Gasteiger partial charge in [0.05, 0.1) is 32.7 Å². The summed E-state index contributed by atoms with van der Waals surface area (Å²) in [7, 11) is -0.356. The second-order valence-corrected chi connectivity index (χ2v) is 16.8. The first kappa shape index (κ1) is 46.5. The van der Waals surface area contributed by atoms with Crippen molar-refractivity contribution in [3.8, 4) is 0 Å². The maximum absolute atomic E-state index is 13.7. The van der Waals surface area contributed by atoms with Crippen molar-refractivity contribution in [2.75, 3.05) is 40.3 Å². The second kappa shape index (κ2) is 20.2. The van der Waals surface area contributed by atoms with E-state index >= 15 is 0 Å². The van der Waals surface area contributed by atoms with Gasteiger partial charge >= 0.3 is 17.9 Å². The SMILES string of the molecule is CNS(=O)(=O)c1ccccc1C1CCN(CCC(CN(C)C(=O)c2cccc3cc([N+](=O)[O-])ccc23)c2ccc(Cl)c(Cl)c2)CC1.O=C(O)CC(O)(CC(=O)O)C(=O)O. The van der Waals surface area contributed by atoms with Gasteiger partial charge in [0.1, 0.15) is 0 Å². The molecule has 19 heteroatoms. The maximum Gasteiger partial charge on any atom is 0.336 e. The molecule has 1 aliphatic heterocycles. The molecule has 1 saturated heterocycles. The van der Waals surface area contributed by atoms with E-state index in [2.05, 4.69) is 9.62 Å². The Bertz CT molecular complexity index is 2300. The van der Waals surface area contributed by atoms with Crippen LogP contribution >= 0.6 is 23.2 Å². The number of aliphatic hydroxyl groups is 1. The first-order chi connectivity index (χ1) is 27.8. The summed E-state index contributed by atoms with van der Waals surface area (Å²) in [5.41, 5.74) is -0.457. The molecule has 59 heavy (non-hydrogen) atoms. The first-order valence-electron chi connectivity index (χ1n) is 18.3. The highest BCUT2D eigenvalue weighted by atomic mass is 35.5. The number of benzene rings is 4.